The summed E-state index contributed by atoms with van der Waals surface area (Å²) in [6.45, 7) is 6.60. The van der Waals surface area contributed by atoms with Gasteiger partial charge in [0.2, 0.25) is 0 Å². The van der Waals surface area contributed by atoms with E-state index in [1.165, 1.54) is 19.3 Å². The van der Waals surface area contributed by atoms with E-state index in [9.17, 15) is 4.79 Å². The van der Waals surface area contributed by atoms with Crippen molar-refractivity contribution in [2.75, 3.05) is 32.7 Å². The van der Waals surface area contributed by atoms with Gasteiger partial charge in [0.15, 0.2) is 0 Å². The molecule has 98 valence electrons. The van der Waals surface area contributed by atoms with Crippen LogP contribution in [0.25, 0.3) is 0 Å². The van der Waals surface area contributed by atoms with Gasteiger partial charge in [-0.1, -0.05) is 13.3 Å². The highest BCUT2D eigenvalue weighted by Gasteiger charge is 2.30. The van der Waals surface area contributed by atoms with Crippen molar-refractivity contribution in [2.24, 2.45) is 5.92 Å². The molecule has 17 heavy (non-hydrogen) atoms. The Balaban J connectivity index is 1.84. The average molecular weight is 240 g/mol. The Morgan fingerprint density at radius 1 is 1.18 bits per heavy atom. The molecular weight excluding hydrogens is 216 g/mol. The third kappa shape index (κ3) is 3.42. The molecule has 1 aliphatic heterocycles. The standard InChI is InChI=1S/C13H24N2O2/c1-11-4-2-5-12(11)15-7-3-6-14(8-9-15)10-13(16)17/h11-12H,2-10H2,1H3,(H,16,17). The Hall–Kier alpha value is -0.610. The summed E-state index contributed by atoms with van der Waals surface area (Å²) in [6, 6.07) is 0.750. The quantitative estimate of drug-likeness (QED) is 0.807. The van der Waals surface area contributed by atoms with Crippen molar-refractivity contribution < 1.29 is 9.90 Å². The number of carboxylic acid groups (broad SMARTS) is 1. The largest absolute Gasteiger partial charge is 0.480 e. The van der Waals surface area contributed by atoms with Gasteiger partial charge in [-0.15, -0.1) is 0 Å². The van der Waals surface area contributed by atoms with Crippen LogP contribution < -0.4 is 0 Å². The fourth-order valence-electron chi connectivity index (χ4n) is 3.34. The maximum absolute atomic E-state index is 10.7. The number of nitrogens with zero attached hydrogens (tertiary/aromatic N) is 2. The Labute approximate surface area is 104 Å². The molecule has 1 aliphatic carbocycles. The van der Waals surface area contributed by atoms with Gasteiger partial charge in [0, 0.05) is 25.7 Å². The molecule has 2 fully saturated rings. The van der Waals surface area contributed by atoms with E-state index in [4.69, 9.17) is 5.11 Å². The zero-order valence-corrected chi connectivity index (χ0v) is 10.8. The van der Waals surface area contributed by atoms with E-state index in [1.807, 2.05) is 0 Å². The first-order valence-electron chi connectivity index (χ1n) is 6.85. The molecule has 0 aromatic heterocycles. The van der Waals surface area contributed by atoms with Crippen LogP contribution >= 0.6 is 0 Å². The lowest BCUT2D eigenvalue weighted by Crippen LogP contribution is -2.40. The summed E-state index contributed by atoms with van der Waals surface area (Å²) in [5.74, 6) is 0.119. The van der Waals surface area contributed by atoms with E-state index >= 15 is 0 Å². The highest BCUT2D eigenvalue weighted by molar-refractivity contribution is 5.69. The molecule has 0 spiro atoms. The van der Waals surface area contributed by atoms with Gasteiger partial charge in [-0.3, -0.25) is 14.6 Å². The van der Waals surface area contributed by atoms with Gasteiger partial charge in [-0.25, -0.2) is 0 Å². The van der Waals surface area contributed by atoms with Crippen molar-refractivity contribution in [3.63, 3.8) is 0 Å². The second-order valence-corrected chi connectivity index (χ2v) is 5.53. The molecule has 2 atom stereocenters. The van der Waals surface area contributed by atoms with Crippen molar-refractivity contribution in [3.8, 4) is 0 Å². The predicted molar refractivity (Wildman–Crippen MR) is 67.1 cm³/mol. The monoisotopic (exact) mass is 240 g/mol. The van der Waals surface area contributed by atoms with Gasteiger partial charge in [0.25, 0.3) is 0 Å². The number of hydrogen-bond acceptors (Lipinski definition) is 3. The Bertz CT molecular complexity index is 270. The number of rotatable bonds is 3. The predicted octanol–water partition coefficient (Wildman–Crippen LogP) is 1.27. The van der Waals surface area contributed by atoms with Crippen LogP contribution in [0.15, 0.2) is 0 Å². The normalized spacial score (nSPS) is 32.5. The van der Waals surface area contributed by atoms with Crippen LogP contribution in [0.4, 0.5) is 0 Å². The van der Waals surface area contributed by atoms with Crippen LogP contribution in [0.3, 0.4) is 0 Å². The highest BCUT2D eigenvalue weighted by Crippen LogP contribution is 2.29. The fraction of sp³-hybridized carbons (Fsp3) is 0.923. The summed E-state index contributed by atoms with van der Waals surface area (Å²) >= 11 is 0. The van der Waals surface area contributed by atoms with Gasteiger partial charge in [0.05, 0.1) is 6.54 Å². The summed E-state index contributed by atoms with van der Waals surface area (Å²) in [7, 11) is 0. The molecule has 4 nitrogen and oxygen atoms in total. The SMILES string of the molecule is CC1CCCC1N1CCCN(CC(=O)O)CC1. The van der Waals surface area contributed by atoms with Crippen LogP contribution in [0.1, 0.15) is 32.6 Å². The lowest BCUT2D eigenvalue weighted by atomic mass is 10.0. The molecule has 2 rings (SSSR count). The van der Waals surface area contributed by atoms with E-state index in [-0.39, 0.29) is 6.54 Å². The van der Waals surface area contributed by atoms with Crippen LogP contribution in [-0.2, 0) is 4.79 Å². The summed E-state index contributed by atoms with van der Waals surface area (Å²) in [5.41, 5.74) is 0. The molecular formula is C13H24N2O2. The summed E-state index contributed by atoms with van der Waals surface area (Å²) < 4.78 is 0. The van der Waals surface area contributed by atoms with Gasteiger partial charge < -0.3 is 5.11 Å². The Kier molecular flexibility index (Phi) is 4.40. The smallest absolute Gasteiger partial charge is 0.317 e. The molecule has 1 heterocycles. The highest BCUT2D eigenvalue weighted by atomic mass is 16.4. The van der Waals surface area contributed by atoms with Crippen molar-refractivity contribution in [1.29, 1.82) is 0 Å². The molecule has 0 bridgehead atoms. The molecule has 4 heteroatoms. The first-order valence-corrected chi connectivity index (χ1v) is 6.85. The Morgan fingerprint density at radius 2 is 2.00 bits per heavy atom. The van der Waals surface area contributed by atoms with Crippen LogP contribution in [0.5, 0.6) is 0 Å². The number of aliphatic carboxylic acids is 1. The second kappa shape index (κ2) is 5.83. The second-order valence-electron chi connectivity index (χ2n) is 5.53. The maximum atomic E-state index is 10.7. The lowest BCUT2D eigenvalue weighted by Gasteiger charge is -2.30. The van der Waals surface area contributed by atoms with Gasteiger partial charge in [-0.2, -0.15) is 0 Å². The zero-order valence-electron chi connectivity index (χ0n) is 10.8. The van der Waals surface area contributed by atoms with E-state index in [0.717, 1.165) is 44.6 Å². The maximum Gasteiger partial charge on any atom is 0.317 e. The molecule has 1 saturated carbocycles. The number of hydrogen-bond donors (Lipinski definition) is 1. The van der Waals surface area contributed by atoms with Crippen LogP contribution in [-0.4, -0.2) is 59.6 Å². The van der Waals surface area contributed by atoms with E-state index in [2.05, 4.69) is 16.7 Å². The number of carbonyl (C=O) groups is 1. The number of carboxylic acids is 1. The van der Waals surface area contributed by atoms with Crippen LogP contribution in [0, 0.1) is 5.92 Å². The minimum absolute atomic E-state index is 0.202. The first kappa shape index (κ1) is 12.8. The fourth-order valence-corrected chi connectivity index (χ4v) is 3.34. The molecule has 1 N–H and O–H groups in total. The van der Waals surface area contributed by atoms with Crippen LogP contribution in [0.2, 0.25) is 0 Å². The average Bonchev–Trinajstić information content (AvgIpc) is 2.56. The minimum atomic E-state index is -0.701. The van der Waals surface area contributed by atoms with Crippen molar-refractivity contribution in [3.05, 3.63) is 0 Å². The van der Waals surface area contributed by atoms with E-state index < -0.39 is 5.97 Å². The minimum Gasteiger partial charge on any atom is -0.480 e. The van der Waals surface area contributed by atoms with E-state index in [0.29, 0.717) is 0 Å². The van der Waals surface area contributed by atoms with Gasteiger partial charge in [0.1, 0.15) is 0 Å². The van der Waals surface area contributed by atoms with Crippen molar-refractivity contribution >= 4 is 5.97 Å². The topological polar surface area (TPSA) is 43.8 Å². The summed E-state index contributed by atoms with van der Waals surface area (Å²) in [5, 5.41) is 8.82. The lowest BCUT2D eigenvalue weighted by molar-refractivity contribution is -0.138. The molecule has 2 aliphatic rings. The molecule has 0 radical (unpaired) electrons. The molecule has 1 saturated heterocycles. The Morgan fingerprint density at radius 3 is 2.65 bits per heavy atom. The first-order chi connectivity index (χ1) is 8.16. The summed E-state index contributed by atoms with van der Waals surface area (Å²) in [4.78, 5) is 15.4. The van der Waals surface area contributed by atoms with Gasteiger partial charge in [-0.05, 0) is 31.7 Å². The van der Waals surface area contributed by atoms with Crippen molar-refractivity contribution in [1.82, 2.24) is 9.80 Å². The zero-order chi connectivity index (χ0) is 12.3. The molecule has 0 aromatic rings. The molecule has 2 unspecified atom stereocenters. The molecule has 0 aromatic carbocycles. The van der Waals surface area contributed by atoms with Crippen molar-refractivity contribution in [2.45, 2.75) is 38.6 Å². The third-order valence-electron chi connectivity index (χ3n) is 4.27. The third-order valence-corrected chi connectivity index (χ3v) is 4.27. The summed E-state index contributed by atoms with van der Waals surface area (Å²) in [6.07, 6.45) is 5.16. The van der Waals surface area contributed by atoms with E-state index in [1.54, 1.807) is 0 Å². The van der Waals surface area contributed by atoms with Gasteiger partial charge >= 0.3 is 5.97 Å². The molecule has 0 amide bonds.